The fourth-order valence-electron chi connectivity index (χ4n) is 2.96. The summed E-state index contributed by atoms with van der Waals surface area (Å²) in [6.45, 7) is 4.25. The van der Waals surface area contributed by atoms with Crippen LogP contribution in [0.4, 0.5) is 4.39 Å². The van der Waals surface area contributed by atoms with Crippen LogP contribution in [0.2, 0.25) is 0 Å². The quantitative estimate of drug-likeness (QED) is 0.803. The van der Waals surface area contributed by atoms with Crippen molar-refractivity contribution in [3.63, 3.8) is 0 Å². The molecule has 0 aromatic heterocycles. The van der Waals surface area contributed by atoms with Crippen molar-refractivity contribution in [2.75, 3.05) is 19.8 Å². The molecule has 2 heterocycles. The second kappa shape index (κ2) is 5.46. The summed E-state index contributed by atoms with van der Waals surface area (Å²) in [5, 5.41) is 3.43. The molecule has 0 aliphatic carbocycles. The van der Waals surface area contributed by atoms with Gasteiger partial charge in [-0.15, -0.1) is 0 Å². The summed E-state index contributed by atoms with van der Waals surface area (Å²) in [5.74, 6) is 0.102. The molecule has 0 aromatic rings. The largest absolute Gasteiger partial charge is 0.381 e. The van der Waals surface area contributed by atoms with E-state index in [0.29, 0.717) is 19.1 Å². The molecule has 2 aliphatic rings. The Hall–Kier alpha value is -0.150. The third-order valence-electron chi connectivity index (χ3n) is 4.07. The van der Waals surface area contributed by atoms with Crippen molar-refractivity contribution in [3.8, 4) is 0 Å². The molecule has 0 saturated carbocycles. The van der Waals surface area contributed by atoms with Crippen LogP contribution in [0.15, 0.2) is 0 Å². The molecule has 2 rings (SSSR count). The number of ether oxygens (including phenoxy) is 1. The summed E-state index contributed by atoms with van der Waals surface area (Å²) in [7, 11) is 0. The first-order valence-electron chi connectivity index (χ1n) is 6.68. The first-order chi connectivity index (χ1) is 7.68. The molecule has 2 aliphatic heterocycles. The van der Waals surface area contributed by atoms with Gasteiger partial charge in [0.1, 0.15) is 5.67 Å². The molecule has 3 atom stereocenters. The first kappa shape index (κ1) is 12.3. The van der Waals surface area contributed by atoms with Crippen LogP contribution < -0.4 is 5.32 Å². The van der Waals surface area contributed by atoms with E-state index in [1.165, 1.54) is 12.8 Å². The molecule has 3 unspecified atom stereocenters. The van der Waals surface area contributed by atoms with Crippen molar-refractivity contribution in [3.05, 3.63) is 0 Å². The summed E-state index contributed by atoms with van der Waals surface area (Å²) in [6, 6.07) is 0.380. The summed E-state index contributed by atoms with van der Waals surface area (Å²) >= 11 is 0. The van der Waals surface area contributed by atoms with Crippen molar-refractivity contribution < 1.29 is 9.13 Å². The van der Waals surface area contributed by atoms with Crippen LogP contribution >= 0.6 is 0 Å². The Morgan fingerprint density at radius 3 is 2.81 bits per heavy atom. The number of hydrogen-bond donors (Lipinski definition) is 1. The number of nitrogens with one attached hydrogen (secondary N) is 1. The van der Waals surface area contributed by atoms with E-state index in [-0.39, 0.29) is 5.92 Å². The molecule has 0 amide bonds. The Morgan fingerprint density at radius 2 is 2.19 bits per heavy atom. The fraction of sp³-hybridized carbons (Fsp3) is 1.00. The number of hydrogen-bond acceptors (Lipinski definition) is 2. The van der Waals surface area contributed by atoms with E-state index in [1.54, 1.807) is 6.92 Å². The molecule has 2 saturated heterocycles. The Morgan fingerprint density at radius 1 is 1.31 bits per heavy atom. The molecule has 0 radical (unpaired) electrons. The van der Waals surface area contributed by atoms with E-state index < -0.39 is 5.67 Å². The summed E-state index contributed by atoms with van der Waals surface area (Å²) in [6.07, 6.45) is 6.27. The molecular weight excluding hydrogens is 205 g/mol. The third kappa shape index (κ3) is 3.17. The van der Waals surface area contributed by atoms with Crippen LogP contribution in [0.1, 0.15) is 45.4 Å². The van der Waals surface area contributed by atoms with Crippen LogP contribution in [0, 0.1) is 5.92 Å². The number of halogens is 1. The predicted octanol–water partition coefficient (Wildman–Crippen LogP) is 2.67. The highest BCUT2D eigenvalue weighted by Crippen LogP contribution is 2.34. The Bertz CT molecular complexity index is 208. The Balaban J connectivity index is 1.84. The lowest BCUT2D eigenvalue weighted by atomic mass is 9.80. The van der Waals surface area contributed by atoms with E-state index >= 15 is 0 Å². The highest BCUT2D eigenvalue weighted by molar-refractivity contribution is 4.89. The van der Waals surface area contributed by atoms with Crippen molar-refractivity contribution in [1.82, 2.24) is 5.32 Å². The molecule has 0 bridgehead atoms. The highest BCUT2D eigenvalue weighted by Gasteiger charge is 2.37. The van der Waals surface area contributed by atoms with Crippen LogP contribution in [0.25, 0.3) is 0 Å². The first-order valence-corrected chi connectivity index (χ1v) is 6.68. The summed E-state index contributed by atoms with van der Waals surface area (Å²) in [5.41, 5.74) is -1.06. The smallest absolute Gasteiger partial charge is 0.114 e. The average Bonchev–Trinajstić information content (AvgIpc) is 2.31. The average molecular weight is 229 g/mol. The minimum absolute atomic E-state index is 0.102. The number of alkyl halides is 1. The van der Waals surface area contributed by atoms with Gasteiger partial charge in [0.25, 0.3) is 0 Å². The highest BCUT2D eigenvalue weighted by atomic mass is 19.1. The molecule has 2 fully saturated rings. The zero-order valence-electron chi connectivity index (χ0n) is 10.3. The zero-order valence-corrected chi connectivity index (χ0v) is 10.3. The summed E-state index contributed by atoms with van der Waals surface area (Å²) < 4.78 is 20.0. The topological polar surface area (TPSA) is 21.3 Å². The van der Waals surface area contributed by atoms with E-state index in [4.69, 9.17) is 4.74 Å². The van der Waals surface area contributed by atoms with Gasteiger partial charge in [-0.2, -0.15) is 0 Å². The van der Waals surface area contributed by atoms with Gasteiger partial charge in [0, 0.05) is 18.6 Å². The van der Waals surface area contributed by atoms with Crippen molar-refractivity contribution in [2.45, 2.75) is 57.2 Å². The van der Waals surface area contributed by atoms with Crippen LogP contribution in [-0.4, -0.2) is 31.5 Å². The van der Waals surface area contributed by atoms with Gasteiger partial charge in [-0.3, -0.25) is 0 Å². The molecule has 94 valence electrons. The van der Waals surface area contributed by atoms with E-state index in [2.05, 4.69) is 5.32 Å². The lowest BCUT2D eigenvalue weighted by molar-refractivity contribution is -0.0294. The second-order valence-corrected chi connectivity index (χ2v) is 5.54. The third-order valence-corrected chi connectivity index (χ3v) is 4.07. The number of piperidine rings is 1. The zero-order chi connectivity index (χ0) is 11.4. The molecule has 1 N–H and O–H groups in total. The Labute approximate surface area is 97.9 Å². The molecular formula is C13H24FNO. The van der Waals surface area contributed by atoms with Gasteiger partial charge in [-0.25, -0.2) is 4.39 Å². The standard InChI is InChI=1S/C13H24FNO/c1-13(14,11-5-4-8-16-10-11)9-12-6-2-3-7-15-12/h11-12,15H,2-10H2,1H3. The molecule has 16 heavy (non-hydrogen) atoms. The van der Waals surface area contributed by atoms with Crippen LogP contribution in [0.5, 0.6) is 0 Å². The number of rotatable bonds is 3. The molecule has 2 nitrogen and oxygen atoms in total. The maximum atomic E-state index is 14.6. The van der Waals surface area contributed by atoms with Gasteiger partial charge >= 0.3 is 0 Å². The van der Waals surface area contributed by atoms with Crippen LogP contribution in [-0.2, 0) is 4.74 Å². The van der Waals surface area contributed by atoms with Gasteiger partial charge in [-0.05, 0) is 45.6 Å². The normalized spacial score (nSPS) is 35.6. The van der Waals surface area contributed by atoms with Gasteiger partial charge in [-0.1, -0.05) is 6.42 Å². The Kier molecular flexibility index (Phi) is 4.20. The lowest BCUT2D eigenvalue weighted by Gasteiger charge is -2.37. The van der Waals surface area contributed by atoms with Crippen molar-refractivity contribution >= 4 is 0 Å². The lowest BCUT2D eigenvalue weighted by Crippen LogP contribution is -2.44. The SMILES string of the molecule is CC(F)(CC1CCCCN1)C1CCCOC1. The monoisotopic (exact) mass is 229 g/mol. The van der Waals surface area contributed by atoms with E-state index in [9.17, 15) is 4.39 Å². The predicted molar refractivity (Wildman–Crippen MR) is 63.3 cm³/mol. The molecule has 3 heteroatoms. The minimum atomic E-state index is -1.06. The minimum Gasteiger partial charge on any atom is -0.381 e. The van der Waals surface area contributed by atoms with Gasteiger partial charge in [0.2, 0.25) is 0 Å². The second-order valence-electron chi connectivity index (χ2n) is 5.54. The van der Waals surface area contributed by atoms with E-state index in [0.717, 1.165) is 32.4 Å². The van der Waals surface area contributed by atoms with E-state index in [1.807, 2.05) is 0 Å². The molecule has 0 spiro atoms. The van der Waals surface area contributed by atoms with Gasteiger partial charge in [0.15, 0.2) is 0 Å². The van der Waals surface area contributed by atoms with Gasteiger partial charge < -0.3 is 10.1 Å². The van der Waals surface area contributed by atoms with Crippen molar-refractivity contribution in [2.24, 2.45) is 5.92 Å². The fourth-order valence-corrected chi connectivity index (χ4v) is 2.96. The van der Waals surface area contributed by atoms with Crippen LogP contribution in [0.3, 0.4) is 0 Å². The molecule has 0 aromatic carbocycles. The summed E-state index contributed by atoms with van der Waals surface area (Å²) in [4.78, 5) is 0. The van der Waals surface area contributed by atoms with Crippen molar-refractivity contribution in [1.29, 1.82) is 0 Å². The van der Waals surface area contributed by atoms with Gasteiger partial charge in [0.05, 0.1) is 6.61 Å². The maximum absolute atomic E-state index is 14.6. The maximum Gasteiger partial charge on any atom is 0.114 e.